The topological polar surface area (TPSA) is 38.3 Å². The number of carbonyl (C=O) groups excluding carboxylic acids is 1. The van der Waals surface area contributed by atoms with Crippen LogP contribution in [-0.4, -0.2) is 19.6 Å². The number of halogens is 1. The van der Waals surface area contributed by atoms with E-state index in [4.69, 9.17) is 4.74 Å². The first-order chi connectivity index (χ1) is 7.70. The van der Waals surface area contributed by atoms with Crippen molar-refractivity contribution in [3.63, 3.8) is 0 Å². The Morgan fingerprint density at radius 3 is 2.94 bits per heavy atom. The molecule has 1 aliphatic carbocycles. The molecule has 16 heavy (non-hydrogen) atoms. The van der Waals surface area contributed by atoms with Crippen molar-refractivity contribution in [3.8, 4) is 5.75 Å². The number of rotatable bonds is 4. The summed E-state index contributed by atoms with van der Waals surface area (Å²) in [5.41, 5.74) is 0.625. The highest BCUT2D eigenvalue weighted by molar-refractivity contribution is 9.10. The molecule has 1 saturated carbocycles. The van der Waals surface area contributed by atoms with Gasteiger partial charge in [-0.2, -0.15) is 0 Å². The lowest BCUT2D eigenvalue weighted by molar-refractivity contribution is 0.0950. The SMILES string of the molecule is COc1ccc(Br)c(C(=O)NCC2CC2)c1. The summed E-state index contributed by atoms with van der Waals surface area (Å²) in [6.45, 7) is 0.780. The molecule has 0 aliphatic heterocycles. The smallest absolute Gasteiger partial charge is 0.252 e. The molecular weight excluding hydrogens is 270 g/mol. The van der Waals surface area contributed by atoms with Gasteiger partial charge in [0.25, 0.3) is 5.91 Å². The third-order valence-electron chi connectivity index (χ3n) is 2.67. The van der Waals surface area contributed by atoms with Crippen LogP contribution >= 0.6 is 15.9 Å². The van der Waals surface area contributed by atoms with Crippen molar-refractivity contribution < 1.29 is 9.53 Å². The second kappa shape index (κ2) is 4.87. The van der Waals surface area contributed by atoms with E-state index in [1.807, 2.05) is 12.1 Å². The third-order valence-corrected chi connectivity index (χ3v) is 3.36. The largest absolute Gasteiger partial charge is 0.497 e. The molecule has 1 aromatic carbocycles. The minimum absolute atomic E-state index is 0.0438. The van der Waals surface area contributed by atoms with Crippen LogP contribution in [0, 0.1) is 5.92 Å². The van der Waals surface area contributed by atoms with Crippen LogP contribution in [0.4, 0.5) is 0 Å². The van der Waals surface area contributed by atoms with Gasteiger partial charge in [0.15, 0.2) is 0 Å². The first-order valence-electron chi connectivity index (χ1n) is 5.32. The molecule has 1 fully saturated rings. The van der Waals surface area contributed by atoms with Crippen LogP contribution in [-0.2, 0) is 0 Å². The van der Waals surface area contributed by atoms with Gasteiger partial charge in [0.05, 0.1) is 12.7 Å². The van der Waals surface area contributed by atoms with Crippen LogP contribution in [0.1, 0.15) is 23.2 Å². The van der Waals surface area contributed by atoms with Crippen molar-refractivity contribution in [2.75, 3.05) is 13.7 Å². The highest BCUT2D eigenvalue weighted by atomic mass is 79.9. The summed E-state index contributed by atoms with van der Waals surface area (Å²) in [5.74, 6) is 1.34. The van der Waals surface area contributed by atoms with Gasteiger partial charge in [-0.05, 0) is 52.9 Å². The maximum Gasteiger partial charge on any atom is 0.252 e. The summed E-state index contributed by atoms with van der Waals surface area (Å²) in [4.78, 5) is 11.9. The van der Waals surface area contributed by atoms with Crippen molar-refractivity contribution in [3.05, 3.63) is 28.2 Å². The van der Waals surface area contributed by atoms with Crippen molar-refractivity contribution in [1.82, 2.24) is 5.32 Å². The molecule has 0 atom stereocenters. The first-order valence-corrected chi connectivity index (χ1v) is 6.11. The fraction of sp³-hybridized carbons (Fsp3) is 0.417. The van der Waals surface area contributed by atoms with Crippen LogP contribution in [0.5, 0.6) is 5.75 Å². The van der Waals surface area contributed by atoms with Gasteiger partial charge in [0.2, 0.25) is 0 Å². The molecule has 0 heterocycles. The second-order valence-electron chi connectivity index (χ2n) is 4.00. The molecule has 1 aromatic rings. The molecule has 1 aliphatic rings. The molecule has 3 nitrogen and oxygen atoms in total. The number of hydrogen-bond acceptors (Lipinski definition) is 2. The Kier molecular flexibility index (Phi) is 3.49. The van der Waals surface area contributed by atoms with Crippen molar-refractivity contribution in [1.29, 1.82) is 0 Å². The van der Waals surface area contributed by atoms with Gasteiger partial charge < -0.3 is 10.1 Å². The van der Waals surface area contributed by atoms with E-state index in [9.17, 15) is 4.79 Å². The second-order valence-corrected chi connectivity index (χ2v) is 4.85. The Hall–Kier alpha value is -1.03. The molecule has 4 heteroatoms. The molecule has 0 radical (unpaired) electrons. The molecule has 2 rings (SSSR count). The molecule has 0 saturated heterocycles. The van der Waals surface area contributed by atoms with E-state index in [0.717, 1.165) is 11.0 Å². The normalized spacial score (nSPS) is 14.6. The lowest BCUT2D eigenvalue weighted by Crippen LogP contribution is -2.25. The molecule has 1 N–H and O–H groups in total. The van der Waals surface area contributed by atoms with Crippen molar-refractivity contribution in [2.24, 2.45) is 5.92 Å². The number of carbonyl (C=O) groups is 1. The van der Waals surface area contributed by atoms with E-state index in [-0.39, 0.29) is 5.91 Å². The summed E-state index contributed by atoms with van der Waals surface area (Å²) in [5, 5.41) is 2.93. The van der Waals surface area contributed by atoms with Crippen LogP contribution < -0.4 is 10.1 Å². The van der Waals surface area contributed by atoms with Crippen molar-refractivity contribution >= 4 is 21.8 Å². The minimum Gasteiger partial charge on any atom is -0.497 e. The summed E-state index contributed by atoms with van der Waals surface area (Å²) in [6.07, 6.45) is 2.47. The molecular formula is C12H14BrNO2. The maximum absolute atomic E-state index is 11.9. The van der Waals surface area contributed by atoms with E-state index in [1.165, 1.54) is 12.8 Å². The van der Waals surface area contributed by atoms with Crippen LogP contribution in [0.25, 0.3) is 0 Å². The Bertz CT molecular complexity index is 402. The van der Waals surface area contributed by atoms with Crippen LogP contribution in [0.15, 0.2) is 22.7 Å². The Balaban J connectivity index is 2.07. The Labute approximate surface area is 103 Å². The van der Waals surface area contributed by atoms with Gasteiger partial charge in [-0.1, -0.05) is 0 Å². The van der Waals surface area contributed by atoms with E-state index in [1.54, 1.807) is 13.2 Å². The zero-order chi connectivity index (χ0) is 11.5. The standard InChI is InChI=1S/C12H14BrNO2/c1-16-9-4-5-11(13)10(6-9)12(15)14-7-8-2-3-8/h4-6,8H,2-3,7H2,1H3,(H,14,15). The van der Waals surface area contributed by atoms with Gasteiger partial charge >= 0.3 is 0 Å². The summed E-state index contributed by atoms with van der Waals surface area (Å²) in [6, 6.07) is 5.39. The highest BCUT2D eigenvalue weighted by Crippen LogP contribution is 2.28. The van der Waals surface area contributed by atoms with E-state index in [0.29, 0.717) is 17.2 Å². The third kappa shape index (κ3) is 2.76. The molecule has 86 valence electrons. The zero-order valence-corrected chi connectivity index (χ0v) is 10.7. The monoisotopic (exact) mass is 283 g/mol. The predicted octanol–water partition coefficient (Wildman–Crippen LogP) is 2.60. The van der Waals surface area contributed by atoms with Gasteiger partial charge in [-0.25, -0.2) is 0 Å². The maximum atomic E-state index is 11.9. The molecule has 0 unspecified atom stereocenters. The lowest BCUT2D eigenvalue weighted by Gasteiger charge is -2.08. The quantitative estimate of drug-likeness (QED) is 0.923. The fourth-order valence-electron chi connectivity index (χ4n) is 1.46. The summed E-state index contributed by atoms with van der Waals surface area (Å²) >= 11 is 3.37. The Morgan fingerprint density at radius 2 is 2.31 bits per heavy atom. The molecule has 1 amide bonds. The Morgan fingerprint density at radius 1 is 1.56 bits per heavy atom. The van der Waals surface area contributed by atoms with Crippen LogP contribution in [0.3, 0.4) is 0 Å². The minimum atomic E-state index is -0.0438. The van der Waals surface area contributed by atoms with Gasteiger partial charge in [-0.15, -0.1) is 0 Å². The number of nitrogens with one attached hydrogen (secondary N) is 1. The zero-order valence-electron chi connectivity index (χ0n) is 9.13. The summed E-state index contributed by atoms with van der Waals surface area (Å²) in [7, 11) is 1.59. The average molecular weight is 284 g/mol. The predicted molar refractivity (Wildman–Crippen MR) is 65.8 cm³/mol. The van der Waals surface area contributed by atoms with E-state index >= 15 is 0 Å². The summed E-state index contributed by atoms with van der Waals surface area (Å²) < 4.78 is 5.89. The van der Waals surface area contributed by atoms with Gasteiger partial charge in [-0.3, -0.25) is 4.79 Å². The fourth-order valence-corrected chi connectivity index (χ4v) is 1.89. The highest BCUT2D eigenvalue weighted by Gasteiger charge is 2.22. The van der Waals surface area contributed by atoms with Gasteiger partial charge in [0, 0.05) is 11.0 Å². The van der Waals surface area contributed by atoms with E-state index < -0.39 is 0 Å². The van der Waals surface area contributed by atoms with E-state index in [2.05, 4.69) is 21.2 Å². The number of amides is 1. The molecule has 0 spiro atoms. The van der Waals surface area contributed by atoms with Crippen molar-refractivity contribution in [2.45, 2.75) is 12.8 Å². The average Bonchev–Trinajstić information content (AvgIpc) is 3.10. The number of benzene rings is 1. The lowest BCUT2D eigenvalue weighted by atomic mass is 10.2. The van der Waals surface area contributed by atoms with Crippen LogP contribution in [0.2, 0.25) is 0 Å². The van der Waals surface area contributed by atoms with Gasteiger partial charge in [0.1, 0.15) is 5.75 Å². The first kappa shape index (κ1) is 11.5. The number of hydrogen-bond donors (Lipinski definition) is 1. The molecule has 0 bridgehead atoms. The number of methoxy groups -OCH3 is 1. The number of ether oxygens (including phenoxy) is 1. The molecule has 0 aromatic heterocycles.